The Labute approximate surface area is 228 Å². The number of aliphatic carboxylic acids is 1. The number of fused-ring (bicyclic) bond motifs is 1. The Bertz CT molecular complexity index is 1330. The van der Waals surface area contributed by atoms with Gasteiger partial charge in [0.05, 0.1) is 10.6 Å². The van der Waals surface area contributed by atoms with Gasteiger partial charge in [-0.1, -0.05) is 11.6 Å². The third-order valence-electron chi connectivity index (χ3n) is 6.72. The highest BCUT2D eigenvalue weighted by atomic mass is 35.5. The molecule has 1 atom stereocenters. The fourth-order valence-corrected chi connectivity index (χ4v) is 4.94. The van der Waals surface area contributed by atoms with Crippen LogP contribution >= 0.6 is 11.6 Å². The number of carboxylic acid groups (broad SMARTS) is 1. The van der Waals surface area contributed by atoms with E-state index >= 15 is 0 Å². The predicted molar refractivity (Wildman–Crippen MR) is 125 cm³/mol. The van der Waals surface area contributed by atoms with E-state index in [4.69, 9.17) is 16.7 Å². The number of alkyl halides is 3. The number of nitrogens with zero attached hydrogens (tertiary/aromatic N) is 2. The van der Waals surface area contributed by atoms with Gasteiger partial charge in [0.15, 0.2) is 0 Å². The Morgan fingerprint density at radius 3 is 2.35 bits per heavy atom. The van der Waals surface area contributed by atoms with Gasteiger partial charge in [0.2, 0.25) is 12.7 Å². The summed E-state index contributed by atoms with van der Waals surface area (Å²) in [5, 5.41) is 10.5. The highest BCUT2D eigenvalue weighted by molar-refractivity contribution is 6.31. The first-order chi connectivity index (χ1) is 18.7. The minimum Gasteiger partial charge on any atom is -0.478 e. The standard InChI is InChI=1S/C24H21ClF3N3O9/c25-16-8-13-10-30(9-12(13)7-15(16)24(26,27)28)17(32)5-6-23(14-1-2-14)20(36)31(21(37)29-23)22(38)40-11-39-19(35)4-3-18(33)34/h3-4,7-8,14H,1-2,5-6,9-11H2,(H,29,37)(H,33,34)/b4-3+. The number of ether oxygens (including phenoxy) is 2. The van der Waals surface area contributed by atoms with Crippen molar-refractivity contribution >= 4 is 47.5 Å². The summed E-state index contributed by atoms with van der Waals surface area (Å²) < 4.78 is 48.7. The van der Waals surface area contributed by atoms with Crippen LogP contribution in [0.1, 0.15) is 42.4 Å². The lowest BCUT2D eigenvalue weighted by Crippen LogP contribution is -2.50. The summed E-state index contributed by atoms with van der Waals surface area (Å²) in [6.07, 6.45) is -4.43. The molecule has 1 unspecified atom stereocenters. The van der Waals surface area contributed by atoms with Crippen molar-refractivity contribution in [3.8, 4) is 0 Å². The molecule has 2 fully saturated rings. The number of imide groups is 3. The normalized spacial score (nSPS) is 20.5. The quantitative estimate of drug-likeness (QED) is 0.202. The van der Waals surface area contributed by atoms with Crippen LogP contribution in [0, 0.1) is 5.92 Å². The molecule has 3 aliphatic rings. The molecule has 1 aliphatic carbocycles. The lowest BCUT2D eigenvalue weighted by molar-refractivity contribution is -0.147. The van der Waals surface area contributed by atoms with Crippen LogP contribution in [0.5, 0.6) is 0 Å². The molecule has 40 heavy (non-hydrogen) atoms. The van der Waals surface area contributed by atoms with Gasteiger partial charge in [-0.25, -0.2) is 19.2 Å². The number of benzene rings is 1. The summed E-state index contributed by atoms with van der Waals surface area (Å²) in [5.41, 5.74) is -1.83. The molecule has 0 spiro atoms. The first-order valence-corrected chi connectivity index (χ1v) is 12.2. The molecule has 1 saturated heterocycles. The van der Waals surface area contributed by atoms with E-state index in [0.29, 0.717) is 36.1 Å². The van der Waals surface area contributed by atoms with Crippen molar-refractivity contribution in [3.63, 3.8) is 0 Å². The third kappa shape index (κ3) is 5.88. The van der Waals surface area contributed by atoms with E-state index in [9.17, 15) is 41.9 Å². The molecule has 2 N–H and O–H groups in total. The summed E-state index contributed by atoms with van der Waals surface area (Å²) in [4.78, 5) is 74.4. The van der Waals surface area contributed by atoms with Crippen molar-refractivity contribution in [2.45, 2.75) is 50.5 Å². The maximum atomic E-state index is 13.2. The van der Waals surface area contributed by atoms with Crippen LogP contribution in [0.2, 0.25) is 5.02 Å². The molecule has 1 aromatic rings. The molecule has 214 valence electrons. The Balaban J connectivity index is 1.37. The third-order valence-corrected chi connectivity index (χ3v) is 7.04. The first kappa shape index (κ1) is 28.9. The number of esters is 1. The summed E-state index contributed by atoms with van der Waals surface area (Å²) in [6, 6.07) is 0.970. The van der Waals surface area contributed by atoms with Gasteiger partial charge in [-0.05, 0) is 48.4 Å². The lowest BCUT2D eigenvalue weighted by Gasteiger charge is -2.27. The van der Waals surface area contributed by atoms with Crippen molar-refractivity contribution < 1.29 is 56.5 Å². The smallest absolute Gasteiger partial charge is 0.427 e. The van der Waals surface area contributed by atoms with Gasteiger partial charge < -0.3 is 24.8 Å². The minimum atomic E-state index is -4.66. The van der Waals surface area contributed by atoms with Crippen molar-refractivity contribution in [2.24, 2.45) is 5.92 Å². The summed E-state index contributed by atoms with van der Waals surface area (Å²) >= 11 is 5.78. The number of carboxylic acids is 1. The second kappa shape index (κ2) is 10.8. The van der Waals surface area contributed by atoms with Crippen LogP contribution in [-0.4, -0.2) is 63.1 Å². The molecule has 1 aromatic carbocycles. The van der Waals surface area contributed by atoms with Crippen molar-refractivity contribution in [1.82, 2.24) is 15.1 Å². The van der Waals surface area contributed by atoms with E-state index < -0.39 is 65.0 Å². The van der Waals surface area contributed by atoms with Gasteiger partial charge in [-0.15, -0.1) is 0 Å². The number of hydrogen-bond donors (Lipinski definition) is 2. The van der Waals surface area contributed by atoms with E-state index in [1.165, 1.54) is 11.0 Å². The fraction of sp³-hybridized carbons (Fsp3) is 0.417. The Morgan fingerprint density at radius 1 is 1.10 bits per heavy atom. The maximum absolute atomic E-state index is 13.2. The molecule has 2 aliphatic heterocycles. The highest BCUT2D eigenvalue weighted by Crippen LogP contribution is 2.46. The number of rotatable bonds is 8. The van der Waals surface area contributed by atoms with E-state index in [1.54, 1.807) is 0 Å². The maximum Gasteiger partial charge on any atom is 0.427 e. The lowest BCUT2D eigenvalue weighted by atomic mass is 9.87. The Kier molecular flexibility index (Phi) is 7.78. The monoisotopic (exact) mass is 587 g/mol. The molecular formula is C24H21ClF3N3O9. The van der Waals surface area contributed by atoms with Crippen LogP contribution in [-0.2, 0) is 47.9 Å². The van der Waals surface area contributed by atoms with E-state index in [0.717, 1.165) is 6.07 Å². The number of hydrogen-bond acceptors (Lipinski definition) is 8. The topological polar surface area (TPSA) is 160 Å². The number of urea groups is 1. The molecule has 0 radical (unpaired) electrons. The highest BCUT2D eigenvalue weighted by Gasteiger charge is 2.61. The number of nitrogens with one attached hydrogen (secondary N) is 1. The zero-order valence-electron chi connectivity index (χ0n) is 20.5. The van der Waals surface area contributed by atoms with Gasteiger partial charge in [0, 0.05) is 31.7 Å². The van der Waals surface area contributed by atoms with Gasteiger partial charge >= 0.3 is 30.2 Å². The zero-order chi connectivity index (χ0) is 29.4. The van der Waals surface area contributed by atoms with Gasteiger partial charge in [-0.2, -0.15) is 18.1 Å². The SMILES string of the molecule is O=C(O)/C=C/C(=O)OCOC(=O)N1C(=O)NC(CCC(=O)N2Cc3cc(Cl)c(C(F)(F)F)cc3C2)(C2CC2)C1=O. The van der Waals surface area contributed by atoms with E-state index in [-0.39, 0.29) is 36.7 Å². The molecule has 5 amide bonds. The fourth-order valence-electron chi connectivity index (χ4n) is 4.65. The molecule has 0 aromatic heterocycles. The van der Waals surface area contributed by atoms with Crippen molar-refractivity contribution in [1.29, 1.82) is 0 Å². The zero-order valence-corrected chi connectivity index (χ0v) is 21.2. The second-order valence-electron chi connectivity index (χ2n) is 9.33. The van der Waals surface area contributed by atoms with Gasteiger partial charge in [0.25, 0.3) is 5.91 Å². The average Bonchev–Trinajstić information content (AvgIpc) is 3.58. The van der Waals surface area contributed by atoms with Crippen LogP contribution < -0.4 is 5.32 Å². The minimum absolute atomic E-state index is 0.0155. The van der Waals surface area contributed by atoms with Crippen LogP contribution in [0.4, 0.5) is 22.8 Å². The summed E-state index contributed by atoms with van der Waals surface area (Å²) in [6.45, 7) is -1.09. The first-order valence-electron chi connectivity index (χ1n) is 11.8. The predicted octanol–water partition coefficient (Wildman–Crippen LogP) is 2.96. The number of halogens is 4. The molecule has 12 nitrogen and oxygen atoms in total. The Morgan fingerprint density at radius 2 is 1.75 bits per heavy atom. The number of carbonyl (C=O) groups excluding carboxylic acids is 5. The largest absolute Gasteiger partial charge is 0.478 e. The van der Waals surface area contributed by atoms with Gasteiger partial charge in [0.1, 0.15) is 5.54 Å². The van der Waals surface area contributed by atoms with E-state index in [1.807, 2.05) is 0 Å². The number of amides is 5. The molecule has 2 heterocycles. The van der Waals surface area contributed by atoms with Crippen LogP contribution in [0.25, 0.3) is 0 Å². The second-order valence-corrected chi connectivity index (χ2v) is 9.73. The van der Waals surface area contributed by atoms with Crippen LogP contribution in [0.15, 0.2) is 24.3 Å². The number of carbonyl (C=O) groups is 6. The Hall–Kier alpha value is -4.14. The summed E-state index contributed by atoms with van der Waals surface area (Å²) in [5.74, 6) is -4.37. The van der Waals surface area contributed by atoms with E-state index in [2.05, 4.69) is 14.8 Å². The van der Waals surface area contributed by atoms with Gasteiger partial charge in [-0.3, -0.25) is 9.59 Å². The van der Waals surface area contributed by atoms with Crippen molar-refractivity contribution in [2.75, 3.05) is 6.79 Å². The molecule has 0 bridgehead atoms. The molecule has 4 rings (SSSR count). The molecular weight excluding hydrogens is 567 g/mol. The average molecular weight is 588 g/mol. The molecule has 16 heteroatoms. The van der Waals surface area contributed by atoms with Crippen molar-refractivity contribution in [3.05, 3.63) is 46.0 Å². The molecule has 1 saturated carbocycles. The summed E-state index contributed by atoms with van der Waals surface area (Å²) in [7, 11) is 0. The van der Waals surface area contributed by atoms with Crippen LogP contribution in [0.3, 0.4) is 0 Å².